The summed E-state index contributed by atoms with van der Waals surface area (Å²) >= 11 is 0. The van der Waals surface area contributed by atoms with Gasteiger partial charge in [0.25, 0.3) is 11.8 Å². The number of hydrogen-bond acceptors (Lipinski definition) is 3. The van der Waals surface area contributed by atoms with E-state index in [2.05, 4.69) is 0 Å². The molecule has 116 valence electrons. The standard InChI is InChI=1S/C19H17NO3/c1-13(12-21)15-8-6-14(7-9-15)10-11-20-18(22)16-4-2-3-5-17(16)19(20)23/h2-9,12-13H,10-11H2,1H3/t13-/m1/s1. The number of aldehydes is 1. The van der Waals surface area contributed by atoms with Crippen molar-refractivity contribution in [1.82, 2.24) is 4.90 Å². The van der Waals surface area contributed by atoms with Crippen LogP contribution in [-0.4, -0.2) is 29.5 Å². The van der Waals surface area contributed by atoms with Crippen molar-refractivity contribution in [2.75, 3.05) is 6.54 Å². The summed E-state index contributed by atoms with van der Waals surface area (Å²) in [6, 6.07) is 14.6. The monoisotopic (exact) mass is 307 g/mol. The van der Waals surface area contributed by atoms with Gasteiger partial charge in [-0.1, -0.05) is 43.3 Å². The Morgan fingerprint density at radius 3 is 2.04 bits per heavy atom. The zero-order chi connectivity index (χ0) is 16.4. The molecule has 1 aliphatic rings. The van der Waals surface area contributed by atoms with Crippen molar-refractivity contribution < 1.29 is 14.4 Å². The lowest BCUT2D eigenvalue weighted by atomic mass is 10.0. The highest BCUT2D eigenvalue weighted by Gasteiger charge is 2.34. The smallest absolute Gasteiger partial charge is 0.261 e. The third kappa shape index (κ3) is 2.80. The maximum atomic E-state index is 12.3. The van der Waals surface area contributed by atoms with Crippen molar-refractivity contribution in [1.29, 1.82) is 0 Å². The van der Waals surface area contributed by atoms with Gasteiger partial charge in [-0.3, -0.25) is 14.5 Å². The molecule has 0 radical (unpaired) electrons. The summed E-state index contributed by atoms with van der Waals surface area (Å²) in [6.07, 6.45) is 1.51. The van der Waals surface area contributed by atoms with Crippen molar-refractivity contribution in [3.8, 4) is 0 Å². The van der Waals surface area contributed by atoms with Gasteiger partial charge < -0.3 is 4.79 Å². The van der Waals surface area contributed by atoms with E-state index < -0.39 is 0 Å². The van der Waals surface area contributed by atoms with Crippen molar-refractivity contribution in [2.24, 2.45) is 0 Å². The largest absolute Gasteiger partial charge is 0.303 e. The number of rotatable bonds is 5. The van der Waals surface area contributed by atoms with E-state index in [1.807, 2.05) is 31.2 Å². The molecule has 23 heavy (non-hydrogen) atoms. The Hall–Kier alpha value is -2.75. The van der Waals surface area contributed by atoms with E-state index in [0.29, 0.717) is 24.1 Å². The predicted octanol–water partition coefficient (Wildman–Crippen LogP) is 2.83. The molecular weight excluding hydrogens is 290 g/mol. The maximum absolute atomic E-state index is 12.3. The number of imide groups is 1. The molecule has 0 saturated heterocycles. The molecule has 0 aromatic heterocycles. The molecule has 2 amide bonds. The van der Waals surface area contributed by atoms with Gasteiger partial charge in [0, 0.05) is 12.5 Å². The highest BCUT2D eigenvalue weighted by Crippen LogP contribution is 2.23. The molecule has 0 bridgehead atoms. The number of benzene rings is 2. The van der Waals surface area contributed by atoms with Crippen LogP contribution in [0.25, 0.3) is 0 Å². The fraction of sp³-hybridized carbons (Fsp3) is 0.211. The molecule has 0 spiro atoms. The van der Waals surface area contributed by atoms with Gasteiger partial charge in [0.1, 0.15) is 6.29 Å². The predicted molar refractivity (Wildman–Crippen MR) is 86.4 cm³/mol. The van der Waals surface area contributed by atoms with Gasteiger partial charge in [-0.05, 0) is 29.7 Å². The van der Waals surface area contributed by atoms with E-state index in [4.69, 9.17) is 0 Å². The van der Waals surface area contributed by atoms with Gasteiger partial charge in [-0.25, -0.2) is 0 Å². The first-order chi connectivity index (χ1) is 11.1. The van der Waals surface area contributed by atoms with E-state index in [-0.39, 0.29) is 17.7 Å². The lowest BCUT2D eigenvalue weighted by Gasteiger charge is -2.14. The highest BCUT2D eigenvalue weighted by atomic mass is 16.2. The topological polar surface area (TPSA) is 54.5 Å². The summed E-state index contributed by atoms with van der Waals surface area (Å²) in [7, 11) is 0. The Bertz CT molecular complexity index is 729. The summed E-state index contributed by atoms with van der Waals surface area (Å²) in [5.74, 6) is -0.575. The van der Waals surface area contributed by atoms with Crippen LogP contribution in [-0.2, 0) is 11.2 Å². The van der Waals surface area contributed by atoms with Crippen LogP contribution in [0.1, 0.15) is 44.7 Å². The quantitative estimate of drug-likeness (QED) is 0.630. The Kier molecular flexibility index (Phi) is 4.06. The molecule has 4 heteroatoms. The number of fused-ring (bicyclic) bond motifs is 1. The minimum Gasteiger partial charge on any atom is -0.303 e. The van der Waals surface area contributed by atoms with Crippen molar-refractivity contribution in [3.05, 3.63) is 70.8 Å². The molecule has 2 aromatic carbocycles. The van der Waals surface area contributed by atoms with Gasteiger partial charge in [-0.2, -0.15) is 0 Å². The van der Waals surface area contributed by atoms with Gasteiger partial charge in [-0.15, -0.1) is 0 Å². The molecule has 1 aliphatic heterocycles. The minimum atomic E-state index is -0.225. The van der Waals surface area contributed by atoms with Gasteiger partial charge in [0.2, 0.25) is 0 Å². The Morgan fingerprint density at radius 1 is 0.957 bits per heavy atom. The van der Waals surface area contributed by atoms with E-state index in [1.165, 1.54) is 4.90 Å². The first-order valence-corrected chi connectivity index (χ1v) is 7.61. The minimum absolute atomic E-state index is 0.125. The summed E-state index contributed by atoms with van der Waals surface area (Å²) in [5, 5.41) is 0. The number of carbonyl (C=O) groups excluding carboxylic acids is 3. The van der Waals surface area contributed by atoms with Crippen LogP contribution < -0.4 is 0 Å². The number of hydrogen-bond donors (Lipinski definition) is 0. The van der Waals surface area contributed by atoms with E-state index in [1.54, 1.807) is 24.3 Å². The molecule has 0 aliphatic carbocycles. The molecule has 0 N–H and O–H groups in total. The fourth-order valence-electron chi connectivity index (χ4n) is 2.75. The molecule has 0 unspecified atom stereocenters. The SMILES string of the molecule is C[C@H](C=O)c1ccc(CCN2C(=O)c3ccccc3C2=O)cc1. The Morgan fingerprint density at radius 2 is 1.52 bits per heavy atom. The summed E-state index contributed by atoms with van der Waals surface area (Å²) in [6.45, 7) is 2.20. The molecule has 0 fully saturated rings. The van der Waals surface area contributed by atoms with Gasteiger partial charge in [0.15, 0.2) is 0 Å². The zero-order valence-corrected chi connectivity index (χ0v) is 12.9. The molecule has 0 saturated carbocycles. The Labute approximate surface area is 134 Å². The number of carbonyl (C=O) groups is 3. The summed E-state index contributed by atoms with van der Waals surface area (Å²) < 4.78 is 0. The highest BCUT2D eigenvalue weighted by molar-refractivity contribution is 6.21. The molecule has 1 heterocycles. The summed E-state index contributed by atoms with van der Waals surface area (Å²) in [4.78, 5) is 36.6. The molecule has 3 rings (SSSR count). The lowest BCUT2D eigenvalue weighted by Crippen LogP contribution is -2.31. The van der Waals surface area contributed by atoms with Crippen LogP contribution in [0.15, 0.2) is 48.5 Å². The van der Waals surface area contributed by atoms with Crippen LogP contribution in [0.4, 0.5) is 0 Å². The molecule has 2 aromatic rings. The normalized spacial score (nSPS) is 14.7. The van der Waals surface area contributed by atoms with Crippen molar-refractivity contribution >= 4 is 18.1 Å². The fourth-order valence-corrected chi connectivity index (χ4v) is 2.75. The van der Waals surface area contributed by atoms with Crippen molar-refractivity contribution in [2.45, 2.75) is 19.3 Å². The third-order valence-electron chi connectivity index (χ3n) is 4.21. The lowest BCUT2D eigenvalue weighted by molar-refractivity contribution is -0.108. The van der Waals surface area contributed by atoms with E-state index in [0.717, 1.165) is 17.4 Å². The van der Waals surface area contributed by atoms with E-state index >= 15 is 0 Å². The molecular formula is C19H17NO3. The zero-order valence-electron chi connectivity index (χ0n) is 12.9. The van der Waals surface area contributed by atoms with Gasteiger partial charge in [0.05, 0.1) is 11.1 Å². The van der Waals surface area contributed by atoms with Crippen LogP contribution >= 0.6 is 0 Å². The van der Waals surface area contributed by atoms with E-state index in [9.17, 15) is 14.4 Å². The number of nitrogens with zero attached hydrogens (tertiary/aromatic N) is 1. The number of amides is 2. The van der Waals surface area contributed by atoms with Crippen molar-refractivity contribution in [3.63, 3.8) is 0 Å². The first kappa shape index (κ1) is 15.2. The second-order valence-corrected chi connectivity index (χ2v) is 5.72. The average molecular weight is 307 g/mol. The third-order valence-corrected chi connectivity index (χ3v) is 4.21. The maximum Gasteiger partial charge on any atom is 0.261 e. The Balaban J connectivity index is 1.69. The second kappa shape index (κ2) is 6.16. The average Bonchev–Trinajstić information content (AvgIpc) is 2.84. The van der Waals surface area contributed by atoms with Crippen LogP contribution in [0.2, 0.25) is 0 Å². The van der Waals surface area contributed by atoms with Gasteiger partial charge >= 0.3 is 0 Å². The molecule has 1 atom stereocenters. The second-order valence-electron chi connectivity index (χ2n) is 5.72. The van der Waals surface area contributed by atoms with Crippen LogP contribution in [0.5, 0.6) is 0 Å². The first-order valence-electron chi connectivity index (χ1n) is 7.61. The van der Waals surface area contributed by atoms with Crippen LogP contribution in [0, 0.1) is 0 Å². The van der Waals surface area contributed by atoms with Crippen LogP contribution in [0.3, 0.4) is 0 Å². The summed E-state index contributed by atoms with van der Waals surface area (Å²) in [5.41, 5.74) is 2.95. The molecule has 4 nitrogen and oxygen atoms in total.